The Morgan fingerprint density at radius 2 is 2.22 bits per heavy atom. The molecule has 0 saturated carbocycles. The van der Waals surface area contributed by atoms with Gasteiger partial charge in [-0.3, -0.25) is 14.9 Å². The van der Waals surface area contributed by atoms with E-state index in [9.17, 15) is 14.9 Å². The summed E-state index contributed by atoms with van der Waals surface area (Å²) in [4.78, 5) is 24.3. The van der Waals surface area contributed by atoms with Crippen molar-refractivity contribution in [3.05, 3.63) is 63.1 Å². The van der Waals surface area contributed by atoms with Gasteiger partial charge in [0.25, 0.3) is 11.6 Å². The van der Waals surface area contributed by atoms with E-state index in [1.807, 2.05) is 0 Å². The molecule has 0 fully saturated rings. The number of furan rings is 1. The monoisotopic (exact) mass is 338 g/mol. The molecule has 1 aromatic heterocycles. The summed E-state index contributed by atoms with van der Waals surface area (Å²) in [6, 6.07) is 7.25. The lowest BCUT2D eigenvalue weighted by Gasteiger charge is -2.21. The molecule has 0 unspecified atom stereocenters. The molecule has 0 bridgehead atoms. The number of amides is 1. The van der Waals surface area contributed by atoms with E-state index in [1.54, 1.807) is 12.1 Å². The van der Waals surface area contributed by atoms with Crippen LogP contribution < -0.4 is 0 Å². The number of nitro groups is 1. The summed E-state index contributed by atoms with van der Waals surface area (Å²) in [6.07, 6.45) is 1.52. The second-order valence-electron chi connectivity index (χ2n) is 4.72. The van der Waals surface area contributed by atoms with Gasteiger partial charge in [-0.25, -0.2) is 0 Å². The van der Waals surface area contributed by atoms with Gasteiger partial charge in [-0.05, 0) is 18.2 Å². The summed E-state index contributed by atoms with van der Waals surface area (Å²) in [7, 11) is 1.54. The molecule has 0 aliphatic carbocycles. The number of nitrogens with zero attached hydrogens (tertiary/aromatic N) is 2. The molecule has 0 saturated heterocycles. The number of rotatable bonds is 7. The number of non-ortho nitro benzene ring substituents is 1. The third-order valence-corrected chi connectivity index (χ3v) is 3.49. The first-order valence-electron chi connectivity index (χ1n) is 6.77. The highest BCUT2D eigenvalue weighted by Gasteiger charge is 2.21. The third kappa shape index (κ3) is 4.30. The Labute approximate surface area is 137 Å². The fourth-order valence-corrected chi connectivity index (χ4v) is 2.26. The molecule has 7 nitrogen and oxygen atoms in total. The van der Waals surface area contributed by atoms with Crippen LogP contribution in [0.15, 0.2) is 41.0 Å². The maximum atomic E-state index is 12.7. The van der Waals surface area contributed by atoms with E-state index in [4.69, 9.17) is 20.8 Å². The van der Waals surface area contributed by atoms with E-state index < -0.39 is 4.92 Å². The number of ether oxygens (including phenoxy) is 1. The van der Waals surface area contributed by atoms with Crippen LogP contribution in [0.25, 0.3) is 0 Å². The van der Waals surface area contributed by atoms with E-state index in [-0.39, 0.29) is 28.7 Å². The zero-order valence-electron chi connectivity index (χ0n) is 12.4. The number of hydrogen-bond donors (Lipinski definition) is 0. The molecule has 0 aliphatic heterocycles. The van der Waals surface area contributed by atoms with Crippen LogP contribution in [-0.2, 0) is 11.3 Å². The molecule has 2 rings (SSSR count). The number of nitro benzene ring substituents is 1. The van der Waals surface area contributed by atoms with Gasteiger partial charge >= 0.3 is 0 Å². The lowest BCUT2D eigenvalue weighted by Crippen LogP contribution is -2.33. The smallest absolute Gasteiger partial charge is 0.270 e. The van der Waals surface area contributed by atoms with Crippen LogP contribution in [0.1, 0.15) is 16.1 Å². The largest absolute Gasteiger partial charge is 0.467 e. The first-order valence-corrected chi connectivity index (χ1v) is 7.15. The predicted octanol–water partition coefficient (Wildman–Crippen LogP) is 3.13. The van der Waals surface area contributed by atoms with E-state index in [2.05, 4.69) is 0 Å². The van der Waals surface area contributed by atoms with E-state index >= 15 is 0 Å². The number of carbonyl (C=O) groups is 1. The number of carbonyl (C=O) groups excluding carboxylic acids is 1. The molecular formula is C15H15ClN2O5. The lowest BCUT2D eigenvalue weighted by molar-refractivity contribution is -0.384. The third-order valence-electron chi connectivity index (χ3n) is 3.17. The molecule has 1 heterocycles. The molecule has 0 N–H and O–H groups in total. The van der Waals surface area contributed by atoms with Crippen molar-refractivity contribution >= 4 is 23.2 Å². The zero-order valence-corrected chi connectivity index (χ0v) is 13.2. The Morgan fingerprint density at radius 3 is 2.78 bits per heavy atom. The average molecular weight is 339 g/mol. The summed E-state index contributed by atoms with van der Waals surface area (Å²) in [5.74, 6) is 0.269. The highest BCUT2D eigenvalue weighted by Crippen LogP contribution is 2.24. The SMILES string of the molecule is COCCN(Cc1ccco1)C(=O)c1ccc([N+](=O)[O-])cc1Cl. The van der Waals surface area contributed by atoms with Crippen molar-refractivity contribution in [3.8, 4) is 0 Å². The molecule has 1 aromatic carbocycles. The number of benzene rings is 1. The van der Waals surface area contributed by atoms with Crippen molar-refractivity contribution in [2.75, 3.05) is 20.3 Å². The average Bonchev–Trinajstić information content (AvgIpc) is 3.03. The minimum absolute atomic E-state index is 0.0334. The highest BCUT2D eigenvalue weighted by atomic mass is 35.5. The molecule has 0 aliphatic rings. The second kappa shape index (κ2) is 7.75. The molecule has 23 heavy (non-hydrogen) atoms. The first-order chi connectivity index (χ1) is 11.0. The van der Waals surface area contributed by atoms with Crippen LogP contribution in [0.5, 0.6) is 0 Å². The fourth-order valence-electron chi connectivity index (χ4n) is 2.01. The van der Waals surface area contributed by atoms with Crippen LogP contribution in [-0.4, -0.2) is 36.0 Å². The zero-order chi connectivity index (χ0) is 16.8. The van der Waals surface area contributed by atoms with Crippen LogP contribution in [0, 0.1) is 10.1 Å². The van der Waals surface area contributed by atoms with Crippen LogP contribution in [0.3, 0.4) is 0 Å². The minimum atomic E-state index is -0.564. The van der Waals surface area contributed by atoms with Gasteiger partial charge in [0, 0.05) is 25.8 Å². The molecule has 0 spiro atoms. The summed E-state index contributed by atoms with van der Waals surface area (Å²) in [6.45, 7) is 0.933. The minimum Gasteiger partial charge on any atom is -0.467 e. The van der Waals surface area contributed by atoms with Gasteiger partial charge in [-0.2, -0.15) is 0 Å². The normalized spacial score (nSPS) is 10.5. The second-order valence-corrected chi connectivity index (χ2v) is 5.13. The van der Waals surface area contributed by atoms with Gasteiger partial charge in [0.2, 0.25) is 0 Å². The van der Waals surface area contributed by atoms with Crippen LogP contribution in [0.2, 0.25) is 5.02 Å². The van der Waals surface area contributed by atoms with Gasteiger partial charge in [-0.15, -0.1) is 0 Å². The molecule has 2 aromatic rings. The Morgan fingerprint density at radius 1 is 1.43 bits per heavy atom. The molecule has 0 radical (unpaired) electrons. The Balaban J connectivity index is 2.23. The van der Waals surface area contributed by atoms with E-state index in [0.717, 1.165) is 6.07 Å². The summed E-state index contributed by atoms with van der Waals surface area (Å²) < 4.78 is 10.3. The summed E-state index contributed by atoms with van der Waals surface area (Å²) in [5, 5.41) is 10.8. The fraction of sp³-hybridized carbons (Fsp3) is 0.267. The number of halogens is 1. The highest BCUT2D eigenvalue weighted by molar-refractivity contribution is 6.34. The van der Waals surface area contributed by atoms with Gasteiger partial charge in [0.05, 0.1) is 34.9 Å². The Hall–Kier alpha value is -2.38. The van der Waals surface area contributed by atoms with Crippen molar-refractivity contribution in [2.24, 2.45) is 0 Å². The van der Waals surface area contributed by atoms with Gasteiger partial charge in [-0.1, -0.05) is 11.6 Å². The van der Waals surface area contributed by atoms with Crippen LogP contribution in [0.4, 0.5) is 5.69 Å². The summed E-state index contributed by atoms with van der Waals surface area (Å²) >= 11 is 6.02. The van der Waals surface area contributed by atoms with Crippen molar-refractivity contribution in [1.82, 2.24) is 4.90 Å². The van der Waals surface area contributed by atoms with Gasteiger partial charge < -0.3 is 14.1 Å². The van der Waals surface area contributed by atoms with Crippen molar-refractivity contribution in [1.29, 1.82) is 0 Å². The topological polar surface area (TPSA) is 85.8 Å². The number of hydrogen-bond acceptors (Lipinski definition) is 5. The van der Waals surface area contributed by atoms with E-state index in [1.165, 1.54) is 30.4 Å². The molecule has 122 valence electrons. The Bertz CT molecular complexity index is 687. The lowest BCUT2D eigenvalue weighted by atomic mass is 10.1. The quantitative estimate of drug-likeness (QED) is 0.572. The Kier molecular flexibility index (Phi) is 5.72. The van der Waals surface area contributed by atoms with E-state index in [0.29, 0.717) is 18.9 Å². The van der Waals surface area contributed by atoms with Crippen molar-refractivity contribution in [2.45, 2.75) is 6.54 Å². The van der Waals surface area contributed by atoms with Crippen molar-refractivity contribution < 1.29 is 18.9 Å². The maximum Gasteiger partial charge on any atom is 0.270 e. The van der Waals surface area contributed by atoms with Crippen molar-refractivity contribution in [3.63, 3.8) is 0 Å². The van der Waals surface area contributed by atoms with Gasteiger partial charge in [0.15, 0.2) is 0 Å². The summed E-state index contributed by atoms with van der Waals surface area (Å²) in [5.41, 5.74) is 0.0287. The van der Waals surface area contributed by atoms with Gasteiger partial charge in [0.1, 0.15) is 5.76 Å². The standard InChI is InChI=1S/C15H15ClN2O5/c1-22-8-6-17(10-12-3-2-7-23-12)15(19)13-5-4-11(18(20)21)9-14(13)16/h2-5,7,9H,6,8,10H2,1H3. The van der Waals surface area contributed by atoms with Crippen LogP contribution >= 0.6 is 11.6 Å². The molecular weight excluding hydrogens is 324 g/mol. The predicted molar refractivity (Wildman–Crippen MR) is 83.4 cm³/mol. The first kappa shape index (κ1) is 17.0. The molecule has 1 amide bonds. The maximum absolute atomic E-state index is 12.7. The molecule has 0 atom stereocenters. The number of methoxy groups -OCH3 is 1. The molecule has 8 heteroatoms.